The largest absolute Gasteiger partial charge is 0.457 e. The van der Waals surface area contributed by atoms with Gasteiger partial charge in [0.1, 0.15) is 6.61 Å². The summed E-state index contributed by atoms with van der Waals surface area (Å²) >= 11 is 0. The van der Waals surface area contributed by atoms with E-state index in [0.717, 1.165) is 24.3 Å². The van der Waals surface area contributed by atoms with Crippen LogP contribution < -0.4 is 0 Å². The fourth-order valence-corrected chi connectivity index (χ4v) is 7.27. The summed E-state index contributed by atoms with van der Waals surface area (Å²) in [5.74, 6) is -5.27. The highest BCUT2D eigenvalue weighted by Crippen LogP contribution is 2.44. The number of alkyl halides is 1. The molecule has 0 aromatic heterocycles. The highest BCUT2D eigenvalue weighted by Gasteiger charge is 2.62. The van der Waals surface area contributed by atoms with Crippen LogP contribution in [-0.4, -0.2) is 26.5 Å². The van der Waals surface area contributed by atoms with Crippen molar-refractivity contribution in [2.45, 2.75) is 22.2 Å². The molecule has 31 heavy (non-hydrogen) atoms. The average Bonchev–Trinajstić information content (AvgIpc) is 2.78. The lowest BCUT2D eigenvalue weighted by Crippen LogP contribution is -2.56. The number of ether oxygens (including phenoxy) is 1. The van der Waals surface area contributed by atoms with Crippen molar-refractivity contribution in [1.82, 2.24) is 3.71 Å². The van der Waals surface area contributed by atoms with Crippen molar-refractivity contribution in [1.29, 1.82) is 0 Å². The molecule has 0 saturated heterocycles. The number of cyclic esters (lactones) is 1. The third kappa shape index (κ3) is 3.32. The molecular weight excluding hydrogens is 445 g/mol. The minimum atomic E-state index is -5.07. The van der Waals surface area contributed by atoms with Crippen LogP contribution in [0.1, 0.15) is 11.1 Å². The van der Waals surface area contributed by atoms with Crippen LogP contribution in [0.5, 0.6) is 0 Å². The molecule has 3 aromatic rings. The summed E-state index contributed by atoms with van der Waals surface area (Å²) in [7, 11) is -10.1. The van der Waals surface area contributed by atoms with Crippen LogP contribution in [-0.2, 0) is 42.0 Å². The molecule has 0 N–H and O–H groups in total. The lowest BCUT2D eigenvalue weighted by atomic mass is 9.97. The average molecular weight is 461 g/mol. The second-order valence-electron chi connectivity index (χ2n) is 6.69. The summed E-state index contributed by atoms with van der Waals surface area (Å²) in [6, 6.07) is 18.5. The van der Waals surface area contributed by atoms with Crippen molar-refractivity contribution in [3.63, 3.8) is 0 Å². The van der Waals surface area contributed by atoms with Gasteiger partial charge in [0.05, 0.1) is 9.79 Å². The third-order valence-electron chi connectivity index (χ3n) is 4.77. The van der Waals surface area contributed by atoms with Crippen molar-refractivity contribution in [2.75, 3.05) is 0 Å². The van der Waals surface area contributed by atoms with Gasteiger partial charge in [-0.05, 0) is 33.5 Å². The quantitative estimate of drug-likeness (QED) is 0.428. The number of benzene rings is 3. The van der Waals surface area contributed by atoms with E-state index in [9.17, 15) is 21.6 Å². The number of carbonyl (C=O) groups is 1. The van der Waals surface area contributed by atoms with Gasteiger partial charge in [0.25, 0.3) is 20.0 Å². The van der Waals surface area contributed by atoms with E-state index in [0.29, 0.717) is 0 Å². The smallest absolute Gasteiger partial charge is 0.366 e. The Balaban J connectivity index is 2.07. The van der Waals surface area contributed by atoms with Crippen LogP contribution in [0, 0.1) is 0 Å². The maximum absolute atomic E-state index is 16.7. The number of rotatable bonds is 5. The first kappa shape index (κ1) is 21.2. The molecule has 7 nitrogen and oxygen atoms in total. The topological polar surface area (TPSA) is 97.8 Å². The van der Waals surface area contributed by atoms with E-state index in [2.05, 4.69) is 0 Å². The third-order valence-corrected chi connectivity index (χ3v) is 9.06. The van der Waals surface area contributed by atoms with Gasteiger partial charge < -0.3 is 4.74 Å². The van der Waals surface area contributed by atoms with Crippen molar-refractivity contribution in [3.05, 3.63) is 96.1 Å². The number of fused-ring (bicyclic) bond motifs is 1. The zero-order valence-corrected chi connectivity index (χ0v) is 17.5. The molecule has 3 aromatic carbocycles. The Morgan fingerprint density at radius 2 is 1.19 bits per heavy atom. The van der Waals surface area contributed by atoms with Crippen molar-refractivity contribution in [2.24, 2.45) is 0 Å². The Labute approximate surface area is 178 Å². The molecule has 0 fully saturated rings. The normalized spacial score (nSPS) is 19.0. The predicted octanol–water partition coefficient (Wildman–Crippen LogP) is 2.95. The highest BCUT2D eigenvalue weighted by atomic mass is 32.3. The molecule has 0 amide bonds. The van der Waals surface area contributed by atoms with Crippen LogP contribution in [0.25, 0.3) is 0 Å². The lowest BCUT2D eigenvalue weighted by molar-refractivity contribution is -0.169. The van der Waals surface area contributed by atoms with Gasteiger partial charge in [-0.1, -0.05) is 60.7 Å². The van der Waals surface area contributed by atoms with Crippen molar-refractivity contribution in [3.8, 4) is 0 Å². The molecule has 160 valence electrons. The van der Waals surface area contributed by atoms with Gasteiger partial charge in [-0.3, -0.25) is 0 Å². The number of carbonyl (C=O) groups excluding carboxylic acids is 1. The van der Waals surface area contributed by atoms with Gasteiger partial charge in [-0.25, -0.2) is 26.0 Å². The van der Waals surface area contributed by atoms with Gasteiger partial charge in [0.15, 0.2) is 0 Å². The molecule has 1 aliphatic rings. The maximum atomic E-state index is 16.7. The molecule has 10 heteroatoms. The summed E-state index contributed by atoms with van der Waals surface area (Å²) in [4.78, 5) is 11.7. The highest BCUT2D eigenvalue weighted by molar-refractivity contribution is 8.04. The van der Waals surface area contributed by atoms with Crippen LogP contribution in [0.15, 0.2) is 94.7 Å². The second kappa shape index (κ2) is 7.56. The number of esters is 1. The lowest BCUT2D eigenvalue weighted by Gasteiger charge is -2.37. The number of hydrogen-bond donors (Lipinski definition) is 0. The maximum Gasteiger partial charge on any atom is 0.366 e. The van der Waals surface area contributed by atoms with Crippen LogP contribution in [0.4, 0.5) is 4.39 Å². The number of nitrogens with zero attached hydrogens (tertiary/aromatic N) is 1. The van der Waals surface area contributed by atoms with E-state index in [-0.39, 0.29) is 15.9 Å². The van der Waals surface area contributed by atoms with Gasteiger partial charge in [-0.2, -0.15) is 0 Å². The van der Waals surface area contributed by atoms with Gasteiger partial charge in [0.2, 0.25) is 0 Å². The molecule has 0 aliphatic carbocycles. The Hall–Kier alpha value is -3.08. The predicted molar refractivity (Wildman–Crippen MR) is 108 cm³/mol. The van der Waals surface area contributed by atoms with E-state index in [1.54, 1.807) is 6.07 Å². The fraction of sp³-hybridized carbons (Fsp3) is 0.0952. The molecule has 0 saturated carbocycles. The second-order valence-corrected chi connectivity index (χ2v) is 10.5. The van der Waals surface area contributed by atoms with E-state index in [1.807, 2.05) is 0 Å². The molecule has 0 radical (unpaired) electrons. The molecule has 0 unspecified atom stereocenters. The Bertz CT molecular complexity index is 1280. The molecule has 1 heterocycles. The van der Waals surface area contributed by atoms with Crippen molar-refractivity contribution < 1.29 is 30.8 Å². The van der Waals surface area contributed by atoms with E-state index in [1.165, 1.54) is 54.6 Å². The van der Waals surface area contributed by atoms with Crippen molar-refractivity contribution >= 4 is 26.0 Å². The molecule has 0 bridgehead atoms. The zero-order chi connectivity index (χ0) is 22.3. The Morgan fingerprint density at radius 3 is 1.71 bits per heavy atom. The fourth-order valence-electron chi connectivity index (χ4n) is 3.33. The summed E-state index contributed by atoms with van der Waals surface area (Å²) in [5.41, 5.74) is -0.258. The monoisotopic (exact) mass is 461 g/mol. The molecule has 0 spiro atoms. The zero-order valence-electron chi connectivity index (χ0n) is 15.9. The van der Waals surface area contributed by atoms with Crippen LogP contribution in [0.2, 0.25) is 0 Å². The molecule has 4 rings (SSSR count). The van der Waals surface area contributed by atoms with Gasteiger partial charge in [-0.15, -0.1) is 0 Å². The Kier molecular flexibility index (Phi) is 5.16. The summed E-state index contributed by atoms with van der Waals surface area (Å²) in [6.07, 6.45) is 0. The van der Waals surface area contributed by atoms with Gasteiger partial charge >= 0.3 is 11.8 Å². The SMILES string of the molecule is O=C1OCc2ccccc2[C@]1(F)N(S(=O)(=O)c1ccccc1)S(=O)(=O)c1ccccc1. The number of sulfonamides is 2. The first-order valence-electron chi connectivity index (χ1n) is 9.05. The first-order valence-corrected chi connectivity index (χ1v) is 11.9. The number of halogens is 1. The first-order chi connectivity index (χ1) is 14.7. The van der Waals surface area contributed by atoms with E-state index < -0.39 is 47.2 Å². The summed E-state index contributed by atoms with van der Waals surface area (Å²) in [5, 5.41) is 0. The summed E-state index contributed by atoms with van der Waals surface area (Å²) in [6.45, 7) is -0.314. The molecule has 1 aliphatic heterocycles. The van der Waals surface area contributed by atoms with Gasteiger partial charge in [0, 0.05) is 5.56 Å². The minimum absolute atomic E-state index is 0.154. The number of hydrogen-bond acceptors (Lipinski definition) is 6. The minimum Gasteiger partial charge on any atom is -0.457 e. The summed E-state index contributed by atoms with van der Waals surface area (Å²) < 4.78 is 75.2. The van der Waals surface area contributed by atoms with E-state index in [4.69, 9.17) is 4.74 Å². The standard InChI is InChI=1S/C21H16FNO6S2/c22-21(19-14-8-7-9-16(19)15-29-20(21)24)23(30(25,26)17-10-3-1-4-11-17)31(27,28)18-12-5-2-6-13-18/h1-14H,15H2/t21-/m0/s1. The molecule has 1 atom stereocenters. The van der Waals surface area contributed by atoms with Crippen LogP contribution >= 0.6 is 0 Å². The Morgan fingerprint density at radius 1 is 0.742 bits per heavy atom. The molecular formula is C21H16FNO6S2. The van der Waals surface area contributed by atoms with Crippen LogP contribution in [0.3, 0.4) is 0 Å². The van der Waals surface area contributed by atoms with E-state index >= 15 is 4.39 Å².